The van der Waals surface area contributed by atoms with Crippen LogP contribution in [0.5, 0.6) is 0 Å². The lowest BCUT2D eigenvalue weighted by Gasteiger charge is -2.38. The third-order valence-electron chi connectivity index (χ3n) is 4.19. The zero-order chi connectivity index (χ0) is 13.4. The first-order valence-electron chi connectivity index (χ1n) is 7.04. The Labute approximate surface area is 115 Å². The topological polar surface area (TPSA) is 11.4 Å². The molecule has 1 fully saturated rings. The van der Waals surface area contributed by atoms with E-state index in [2.05, 4.69) is 65.8 Å². The van der Waals surface area contributed by atoms with E-state index in [4.69, 9.17) is 0 Å². The van der Waals surface area contributed by atoms with Crippen molar-refractivity contribution in [1.29, 1.82) is 0 Å². The quantitative estimate of drug-likeness (QED) is 0.831. The molecule has 0 radical (unpaired) electrons. The van der Waals surface area contributed by atoms with Crippen molar-refractivity contribution in [2.75, 3.05) is 33.7 Å². The average Bonchev–Trinajstić information content (AvgIpc) is 2.65. The van der Waals surface area contributed by atoms with Crippen molar-refractivity contribution >= 4 is 10.9 Å². The maximum atomic E-state index is 2.45. The molecule has 0 aliphatic carbocycles. The number of rotatable bonds is 4. The molecule has 0 bridgehead atoms. The van der Waals surface area contributed by atoms with Gasteiger partial charge in [0.25, 0.3) is 0 Å². The zero-order valence-electron chi connectivity index (χ0n) is 12.1. The molecule has 1 aromatic heterocycles. The third-order valence-corrected chi connectivity index (χ3v) is 4.19. The summed E-state index contributed by atoms with van der Waals surface area (Å²) < 4.78 is 2.32. The molecule has 1 saturated heterocycles. The second-order valence-corrected chi connectivity index (χ2v) is 6.04. The van der Waals surface area contributed by atoms with Crippen LogP contribution in [-0.4, -0.2) is 48.1 Å². The van der Waals surface area contributed by atoms with Gasteiger partial charge < -0.3 is 14.4 Å². The Hall–Kier alpha value is -1.32. The number of aromatic nitrogens is 1. The van der Waals surface area contributed by atoms with E-state index in [9.17, 15) is 0 Å². The van der Waals surface area contributed by atoms with Crippen molar-refractivity contribution in [3.63, 3.8) is 0 Å². The molecule has 1 aromatic carbocycles. The molecule has 102 valence electrons. The number of aryl methyl sites for hydroxylation is 1. The van der Waals surface area contributed by atoms with E-state index < -0.39 is 0 Å². The Morgan fingerprint density at radius 1 is 1.21 bits per heavy atom. The molecule has 3 rings (SSSR count). The summed E-state index contributed by atoms with van der Waals surface area (Å²) >= 11 is 0. The number of benzene rings is 1. The molecule has 1 aliphatic heterocycles. The fraction of sp³-hybridized carbons (Fsp3) is 0.500. The first-order valence-corrected chi connectivity index (χ1v) is 7.04. The zero-order valence-corrected chi connectivity index (χ0v) is 12.1. The summed E-state index contributed by atoms with van der Waals surface area (Å²) in [7, 11) is 6.60. The van der Waals surface area contributed by atoms with Crippen LogP contribution in [-0.2, 0) is 13.6 Å². The minimum absolute atomic E-state index is 0.852. The minimum atomic E-state index is 0.852. The molecule has 2 aromatic rings. The largest absolute Gasteiger partial charge is 0.346 e. The van der Waals surface area contributed by atoms with E-state index >= 15 is 0 Å². The smallest absolute Gasteiger partial charge is 0.0480 e. The lowest BCUT2D eigenvalue weighted by atomic mass is 10.0. The fourth-order valence-corrected chi connectivity index (χ4v) is 3.22. The van der Waals surface area contributed by atoms with E-state index in [1.165, 1.54) is 36.2 Å². The minimum Gasteiger partial charge on any atom is -0.346 e. The van der Waals surface area contributed by atoms with Crippen LogP contribution in [0.15, 0.2) is 30.3 Å². The average molecular weight is 257 g/mol. The first-order chi connectivity index (χ1) is 9.13. The Kier molecular flexibility index (Phi) is 3.33. The summed E-state index contributed by atoms with van der Waals surface area (Å²) in [6, 6.07) is 10.9. The molecular formula is C16H23N3. The summed E-state index contributed by atoms with van der Waals surface area (Å²) in [5.74, 6) is 0.852. The number of nitrogens with zero attached hydrogens (tertiary/aromatic N) is 3. The molecule has 2 heterocycles. The summed E-state index contributed by atoms with van der Waals surface area (Å²) in [6.07, 6.45) is 0. The van der Waals surface area contributed by atoms with Gasteiger partial charge in [-0.05, 0) is 37.5 Å². The highest BCUT2D eigenvalue weighted by atomic mass is 15.2. The van der Waals surface area contributed by atoms with E-state index in [1.54, 1.807) is 0 Å². The second kappa shape index (κ2) is 4.99. The van der Waals surface area contributed by atoms with E-state index in [0.717, 1.165) is 12.5 Å². The number of fused-ring (bicyclic) bond motifs is 1. The predicted octanol–water partition coefficient (Wildman–Crippen LogP) is 2.17. The van der Waals surface area contributed by atoms with Crippen molar-refractivity contribution < 1.29 is 0 Å². The second-order valence-electron chi connectivity index (χ2n) is 6.04. The SMILES string of the molecule is CN(Cc1cc2ccccc2n1C)CC1CN(C)C1. The summed E-state index contributed by atoms with van der Waals surface area (Å²) in [5, 5.41) is 1.34. The monoisotopic (exact) mass is 257 g/mol. The van der Waals surface area contributed by atoms with Gasteiger partial charge in [0, 0.05) is 44.4 Å². The van der Waals surface area contributed by atoms with Crippen molar-refractivity contribution in [2.45, 2.75) is 6.54 Å². The summed E-state index contributed by atoms with van der Waals surface area (Å²) in [5.41, 5.74) is 2.73. The fourth-order valence-electron chi connectivity index (χ4n) is 3.22. The van der Waals surface area contributed by atoms with E-state index in [1.807, 2.05) is 0 Å². The highest BCUT2D eigenvalue weighted by Crippen LogP contribution is 2.20. The predicted molar refractivity (Wildman–Crippen MR) is 80.2 cm³/mol. The Balaban J connectivity index is 1.69. The Morgan fingerprint density at radius 3 is 2.63 bits per heavy atom. The molecule has 3 heteroatoms. The van der Waals surface area contributed by atoms with Gasteiger partial charge in [0.1, 0.15) is 0 Å². The molecule has 0 amide bonds. The van der Waals surface area contributed by atoms with Crippen molar-refractivity contribution in [2.24, 2.45) is 13.0 Å². The molecule has 0 unspecified atom stereocenters. The van der Waals surface area contributed by atoms with Crippen LogP contribution in [0.25, 0.3) is 10.9 Å². The van der Waals surface area contributed by atoms with Crippen molar-refractivity contribution in [3.05, 3.63) is 36.0 Å². The maximum absolute atomic E-state index is 2.45. The lowest BCUT2D eigenvalue weighted by Crippen LogP contribution is -2.48. The van der Waals surface area contributed by atoms with Crippen molar-refractivity contribution in [3.8, 4) is 0 Å². The first kappa shape index (κ1) is 12.7. The van der Waals surface area contributed by atoms with E-state index in [-0.39, 0.29) is 0 Å². The molecule has 0 saturated carbocycles. The summed E-state index contributed by atoms with van der Waals surface area (Å²) in [4.78, 5) is 4.83. The Morgan fingerprint density at radius 2 is 1.95 bits per heavy atom. The number of likely N-dealkylation sites (tertiary alicyclic amines) is 1. The molecule has 19 heavy (non-hydrogen) atoms. The van der Waals surface area contributed by atoms with Crippen LogP contribution in [0.2, 0.25) is 0 Å². The van der Waals surface area contributed by atoms with Crippen molar-refractivity contribution in [1.82, 2.24) is 14.4 Å². The lowest BCUT2D eigenvalue weighted by molar-refractivity contribution is 0.0973. The highest BCUT2D eigenvalue weighted by molar-refractivity contribution is 5.81. The molecule has 0 N–H and O–H groups in total. The van der Waals surface area contributed by atoms with Gasteiger partial charge in [-0.1, -0.05) is 18.2 Å². The van der Waals surface area contributed by atoms with Gasteiger partial charge in [-0.25, -0.2) is 0 Å². The van der Waals surface area contributed by atoms with Gasteiger partial charge in [-0.3, -0.25) is 0 Å². The summed E-state index contributed by atoms with van der Waals surface area (Å²) in [6.45, 7) is 4.73. The number of hydrogen-bond donors (Lipinski definition) is 0. The maximum Gasteiger partial charge on any atom is 0.0480 e. The third kappa shape index (κ3) is 2.53. The van der Waals surface area contributed by atoms with Crippen LogP contribution < -0.4 is 0 Å². The standard InChI is InChI=1S/C16H23N3/c1-17-9-13(10-17)11-18(2)12-15-8-14-6-4-5-7-16(14)19(15)3/h4-8,13H,9-12H2,1-3H3. The number of hydrogen-bond acceptors (Lipinski definition) is 2. The van der Waals surface area contributed by atoms with Crippen LogP contribution in [0.4, 0.5) is 0 Å². The molecule has 0 spiro atoms. The highest BCUT2D eigenvalue weighted by Gasteiger charge is 2.24. The van der Waals surface area contributed by atoms with Gasteiger partial charge in [-0.15, -0.1) is 0 Å². The van der Waals surface area contributed by atoms with Gasteiger partial charge in [0.2, 0.25) is 0 Å². The van der Waals surface area contributed by atoms with Crippen LogP contribution in [0.1, 0.15) is 5.69 Å². The van der Waals surface area contributed by atoms with Gasteiger partial charge >= 0.3 is 0 Å². The van der Waals surface area contributed by atoms with E-state index in [0.29, 0.717) is 0 Å². The molecule has 3 nitrogen and oxygen atoms in total. The molecule has 1 aliphatic rings. The normalized spacial score (nSPS) is 17.3. The van der Waals surface area contributed by atoms with Gasteiger partial charge in [-0.2, -0.15) is 0 Å². The van der Waals surface area contributed by atoms with Crippen LogP contribution in [0.3, 0.4) is 0 Å². The van der Waals surface area contributed by atoms with Crippen LogP contribution in [0, 0.1) is 5.92 Å². The van der Waals surface area contributed by atoms with Gasteiger partial charge in [0.05, 0.1) is 0 Å². The molecular weight excluding hydrogens is 234 g/mol. The number of para-hydroxylation sites is 1. The van der Waals surface area contributed by atoms with Gasteiger partial charge in [0.15, 0.2) is 0 Å². The van der Waals surface area contributed by atoms with Crippen LogP contribution >= 0.6 is 0 Å². The molecule has 0 atom stereocenters. The Bertz CT molecular complexity index is 566.